The van der Waals surface area contributed by atoms with Crippen LogP contribution >= 0.6 is 0 Å². The van der Waals surface area contributed by atoms with Crippen molar-refractivity contribution in [3.63, 3.8) is 0 Å². The molecule has 0 aliphatic heterocycles. The number of nitrogens with one attached hydrogen (secondary N) is 1. The monoisotopic (exact) mass is 201 g/mol. The number of fused-ring (bicyclic) bond motifs is 1. The van der Waals surface area contributed by atoms with Crippen molar-refractivity contribution in [2.45, 2.75) is 6.92 Å². The van der Waals surface area contributed by atoms with Gasteiger partial charge in [0.15, 0.2) is 0 Å². The lowest BCUT2D eigenvalue weighted by Crippen LogP contribution is -2.05. The fraction of sp³-hybridized carbons (Fsp3) is 0.0909. The van der Waals surface area contributed by atoms with E-state index in [4.69, 9.17) is 5.73 Å². The van der Waals surface area contributed by atoms with Crippen LogP contribution in [-0.4, -0.2) is 10.9 Å². The number of carbonyl (C=O) groups is 1. The maximum Gasteiger partial charge on any atom is 0.221 e. The number of benzene rings is 1. The van der Waals surface area contributed by atoms with Gasteiger partial charge >= 0.3 is 0 Å². The SMILES string of the molecule is CC(=O)Nc1ccc2nccc(N)c2c1. The van der Waals surface area contributed by atoms with Gasteiger partial charge in [0.05, 0.1) is 5.52 Å². The Hall–Kier alpha value is -2.10. The highest BCUT2D eigenvalue weighted by molar-refractivity contribution is 5.96. The van der Waals surface area contributed by atoms with Crippen molar-refractivity contribution in [3.05, 3.63) is 30.5 Å². The summed E-state index contributed by atoms with van der Waals surface area (Å²) >= 11 is 0. The molecule has 4 heteroatoms. The van der Waals surface area contributed by atoms with E-state index in [1.807, 2.05) is 12.1 Å². The number of nitrogen functional groups attached to an aromatic ring is 1. The largest absolute Gasteiger partial charge is 0.398 e. The van der Waals surface area contributed by atoms with Crippen LogP contribution in [0.2, 0.25) is 0 Å². The molecule has 0 radical (unpaired) electrons. The normalized spacial score (nSPS) is 10.2. The van der Waals surface area contributed by atoms with Crippen LogP contribution in [0.5, 0.6) is 0 Å². The van der Waals surface area contributed by atoms with Crippen LogP contribution in [0.25, 0.3) is 10.9 Å². The molecule has 4 nitrogen and oxygen atoms in total. The van der Waals surface area contributed by atoms with E-state index < -0.39 is 0 Å². The van der Waals surface area contributed by atoms with Crippen LogP contribution in [0.1, 0.15) is 6.92 Å². The van der Waals surface area contributed by atoms with Crippen molar-refractivity contribution < 1.29 is 4.79 Å². The fourth-order valence-electron chi connectivity index (χ4n) is 1.45. The third kappa shape index (κ3) is 1.88. The molecule has 0 atom stereocenters. The lowest BCUT2D eigenvalue weighted by molar-refractivity contribution is -0.114. The van der Waals surface area contributed by atoms with Crippen molar-refractivity contribution in [3.8, 4) is 0 Å². The predicted octanol–water partition coefficient (Wildman–Crippen LogP) is 1.78. The van der Waals surface area contributed by atoms with Crippen molar-refractivity contribution in [1.29, 1.82) is 0 Å². The molecular formula is C11H11N3O. The van der Waals surface area contributed by atoms with E-state index in [0.29, 0.717) is 5.69 Å². The first kappa shape index (κ1) is 9.45. The summed E-state index contributed by atoms with van der Waals surface area (Å²) in [6.45, 7) is 1.47. The van der Waals surface area contributed by atoms with Gasteiger partial charge in [-0.15, -0.1) is 0 Å². The number of hydrogen-bond donors (Lipinski definition) is 2. The number of anilines is 2. The zero-order valence-corrected chi connectivity index (χ0v) is 8.32. The Morgan fingerprint density at radius 1 is 1.40 bits per heavy atom. The van der Waals surface area contributed by atoms with Gasteiger partial charge in [0.2, 0.25) is 5.91 Å². The summed E-state index contributed by atoms with van der Waals surface area (Å²) in [5.74, 6) is -0.100. The molecule has 0 bridgehead atoms. The Labute approximate surface area is 87.1 Å². The van der Waals surface area contributed by atoms with Crippen LogP contribution in [0.3, 0.4) is 0 Å². The molecule has 76 valence electrons. The van der Waals surface area contributed by atoms with Crippen molar-refractivity contribution in [2.24, 2.45) is 0 Å². The third-order valence-corrected chi connectivity index (χ3v) is 2.10. The second-order valence-electron chi connectivity index (χ2n) is 3.31. The van der Waals surface area contributed by atoms with E-state index in [0.717, 1.165) is 16.6 Å². The van der Waals surface area contributed by atoms with Gasteiger partial charge in [0.1, 0.15) is 0 Å². The number of rotatable bonds is 1. The Kier molecular flexibility index (Phi) is 2.25. The number of amides is 1. The summed E-state index contributed by atoms with van der Waals surface area (Å²) < 4.78 is 0. The van der Waals surface area contributed by atoms with Crippen molar-refractivity contribution in [2.75, 3.05) is 11.1 Å². The van der Waals surface area contributed by atoms with E-state index in [1.165, 1.54) is 6.92 Å². The van der Waals surface area contributed by atoms with Gasteiger partial charge in [-0.3, -0.25) is 9.78 Å². The number of nitrogens with zero attached hydrogens (tertiary/aromatic N) is 1. The Bertz CT molecular complexity index is 522. The smallest absolute Gasteiger partial charge is 0.221 e. The van der Waals surface area contributed by atoms with E-state index in [9.17, 15) is 4.79 Å². The zero-order chi connectivity index (χ0) is 10.8. The number of pyridine rings is 1. The molecule has 0 unspecified atom stereocenters. The molecule has 0 saturated heterocycles. The molecule has 0 spiro atoms. The van der Waals surface area contributed by atoms with Crippen molar-refractivity contribution >= 4 is 28.2 Å². The first-order valence-electron chi connectivity index (χ1n) is 4.58. The zero-order valence-electron chi connectivity index (χ0n) is 8.32. The summed E-state index contributed by atoms with van der Waals surface area (Å²) in [6.07, 6.45) is 1.66. The van der Waals surface area contributed by atoms with Crippen LogP contribution in [-0.2, 0) is 4.79 Å². The van der Waals surface area contributed by atoms with Gasteiger partial charge in [-0.2, -0.15) is 0 Å². The molecule has 1 heterocycles. The molecule has 1 amide bonds. The first-order chi connectivity index (χ1) is 7.16. The molecular weight excluding hydrogens is 190 g/mol. The average Bonchev–Trinajstić information content (AvgIpc) is 2.18. The molecule has 0 aliphatic rings. The number of nitrogens with two attached hydrogens (primary N) is 1. The molecule has 0 saturated carbocycles. The summed E-state index contributed by atoms with van der Waals surface area (Å²) in [5.41, 5.74) is 8.02. The highest BCUT2D eigenvalue weighted by Crippen LogP contribution is 2.22. The fourth-order valence-corrected chi connectivity index (χ4v) is 1.45. The quantitative estimate of drug-likeness (QED) is 0.738. The van der Waals surface area contributed by atoms with Crippen LogP contribution in [0.4, 0.5) is 11.4 Å². The first-order valence-corrected chi connectivity index (χ1v) is 4.58. The van der Waals surface area contributed by atoms with Crippen LogP contribution in [0.15, 0.2) is 30.5 Å². The number of carbonyl (C=O) groups excluding carboxylic acids is 1. The summed E-state index contributed by atoms with van der Waals surface area (Å²) in [6, 6.07) is 7.19. The molecule has 0 aliphatic carbocycles. The van der Waals surface area contributed by atoms with Gasteiger partial charge in [0.25, 0.3) is 0 Å². The minimum atomic E-state index is -0.100. The third-order valence-electron chi connectivity index (χ3n) is 2.10. The van der Waals surface area contributed by atoms with Crippen LogP contribution < -0.4 is 11.1 Å². The Balaban J connectivity index is 2.54. The minimum absolute atomic E-state index is 0.100. The van der Waals surface area contributed by atoms with Gasteiger partial charge in [-0.05, 0) is 24.3 Å². The Morgan fingerprint density at radius 3 is 2.93 bits per heavy atom. The summed E-state index contributed by atoms with van der Waals surface area (Å²) in [4.78, 5) is 15.0. The maximum absolute atomic E-state index is 10.9. The summed E-state index contributed by atoms with van der Waals surface area (Å²) in [7, 11) is 0. The number of hydrogen-bond acceptors (Lipinski definition) is 3. The summed E-state index contributed by atoms with van der Waals surface area (Å²) in [5, 5.41) is 3.55. The second-order valence-corrected chi connectivity index (χ2v) is 3.31. The van der Waals surface area contributed by atoms with E-state index >= 15 is 0 Å². The lowest BCUT2D eigenvalue weighted by Gasteiger charge is -2.05. The molecule has 3 N–H and O–H groups in total. The van der Waals surface area contributed by atoms with E-state index in [-0.39, 0.29) is 5.91 Å². The molecule has 1 aromatic carbocycles. The topological polar surface area (TPSA) is 68.0 Å². The number of aromatic nitrogens is 1. The molecule has 1 aromatic heterocycles. The molecule has 2 aromatic rings. The van der Waals surface area contributed by atoms with Gasteiger partial charge in [0, 0.05) is 29.9 Å². The Morgan fingerprint density at radius 2 is 2.20 bits per heavy atom. The van der Waals surface area contributed by atoms with E-state index in [2.05, 4.69) is 10.3 Å². The van der Waals surface area contributed by atoms with E-state index in [1.54, 1.807) is 18.3 Å². The average molecular weight is 201 g/mol. The highest BCUT2D eigenvalue weighted by Gasteiger charge is 2.01. The molecule has 15 heavy (non-hydrogen) atoms. The standard InChI is InChI=1S/C11H11N3O/c1-7(15)14-8-2-3-11-9(6-8)10(12)4-5-13-11/h2-6H,1H3,(H2,12,13)(H,14,15). The van der Waals surface area contributed by atoms with Gasteiger partial charge in [-0.1, -0.05) is 0 Å². The molecule has 2 rings (SSSR count). The maximum atomic E-state index is 10.9. The van der Waals surface area contributed by atoms with Crippen molar-refractivity contribution in [1.82, 2.24) is 4.98 Å². The van der Waals surface area contributed by atoms with Gasteiger partial charge in [-0.25, -0.2) is 0 Å². The minimum Gasteiger partial charge on any atom is -0.398 e. The predicted molar refractivity (Wildman–Crippen MR) is 60.5 cm³/mol. The van der Waals surface area contributed by atoms with Gasteiger partial charge < -0.3 is 11.1 Å². The lowest BCUT2D eigenvalue weighted by atomic mass is 10.1. The highest BCUT2D eigenvalue weighted by atomic mass is 16.1. The molecule has 0 fully saturated rings. The van der Waals surface area contributed by atoms with Crippen LogP contribution in [0, 0.1) is 0 Å². The second kappa shape index (κ2) is 3.57.